The zero-order valence-electron chi connectivity index (χ0n) is 11.0. The Balaban J connectivity index is 2.26. The Hall–Kier alpha value is -1.96. The Kier molecular flexibility index (Phi) is 3.79. The third-order valence-electron chi connectivity index (χ3n) is 3.41. The van der Waals surface area contributed by atoms with Crippen molar-refractivity contribution in [3.8, 4) is 0 Å². The van der Waals surface area contributed by atoms with Crippen LogP contribution in [0.1, 0.15) is 33.1 Å². The molecule has 1 aliphatic heterocycles. The van der Waals surface area contributed by atoms with Gasteiger partial charge in [-0.05, 0) is 26.7 Å². The molecule has 3 N–H and O–H groups in total. The van der Waals surface area contributed by atoms with Crippen molar-refractivity contribution in [3.63, 3.8) is 0 Å². The number of rotatable bonds is 3. The van der Waals surface area contributed by atoms with E-state index >= 15 is 0 Å². The van der Waals surface area contributed by atoms with Crippen molar-refractivity contribution in [2.75, 3.05) is 11.2 Å². The van der Waals surface area contributed by atoms with Gasteiger partial charge in [0.15, 0.2) is 0 Å². The van der Waals surface area contributed by atoms with Crippen LogP contribution in [0.2, 0.25) is 0 Å². The van der Waals surface area contributed by atoms with Crippen LogP contribution in [-0.2, 0) is 0 Å². The van der Waals surface area contributed by atoms with Crippen LogP contribution in [0.25, 0.3) is 0 Å². The minimum Gasteiger partial charge on any atom is -0.368 e. The van der Waals surface area contributed by atoms with Gasteiger partial charge in [0.2, 0.25) is 11.8 Å². The van der Waals surface area contributed by atoms with Crippen LogP contribution in [0.15, 0.2) is 6.20 Å². The highest BCUT2D eigenvalue weighted by molar-refractivity contribution is 5.55. The van der Waals surface area contributed by atoms with E-state index < -0.39 is 4.92 Å². The van der Waals surface area contributed by atoms with Crippen molar-refractivity contribution >= 4 is 17.5 Å². The summed E-state index contributed by atoms with van der Waals surface area (Å²) >= 11 is 0. The fourth-order valence-electron chi connectivity index (χ4n) is 2.37. The number of hydrogen-bond donors (Lipinski definition) is 2. The molecule has 104 valence electrons. The average Bonchev–Trinajstić information content (AvgIpc) is 2.33. The summed E-state index contributed by atoms with van der Waals surface area (Å²) in [5.41, 5.74) is 8.36. The zero-order chi connectivity index (χ0) is 14.0. The van der Waals surface area contributed by atoms with Gasteiger partial charge in [-0.15, -0.1) is 0 Å². The third-order valence-corrected chi connectivity index (χ3v) is 3.41. The Bertz CT molecular complexity index is 470. The quantitative estimate of drug-likeness (QED) is 0.630. The van der Waals surface area contributed by atoms with Crippen LogP contribution in [0.3, 0.4) is 0 Å². The van der Waals surface area contributed by atoms with Crippen LogP contribution in [0, 0.1) is 10.1 Å². The highest BCUT2D eigenvalue weighted by Gasteiger charge is 2.27. The molecule has 1 saturated heterocycles. The Labute approximate surface area is 111 Å². The van der Waals surface area contributed by atoms with E-state index in [9.17, 15) is 10.1 Å². The van der Waals surface area contributed by atoms with Crippen LogP contribution in [0.4, 0.5) is 17.5 Å². The molecule has 0 aliphatic carbocycles. The summed E-state index contributed by atoms with van der Waals surface area (Å²) in [4.78, 5) is 18.0. The molecule has 0 amide bonds. The van der Waals surface area contributed by atoms with Crippen LogP contribution in [0.5, 0.6) is 0 Å². The standard InChI is InChI=1S/C11H18N6O2/c1-7-4-3-5-8(2)16(7)15-10-9(17(18)19)6-13-11(12)14-10/h6-8H,3-5H2,1-2H3,(H3,12,13,14,15). The topological polar surface area (TPSA) is 110 Å². The zero-order valence-corrected chi connectivity index (χ0v) is 11.0. The lowest BCUT2D eigenvalue weighted by Crippen LogP contribution is -2.47. The van der Waals surface area contributed by atoms with Gasteiger partial charge < -0.3 is 5.73 Å². The van der Waals surface area contributed by atoms with Crippen LogP contribution >= 0.6 is 0 Å². The summed E-state index contributed by atoms with van der Waals surface area (Å²) < 4.78 is 0. The number of nitrogens with two attached hydrogens (primary N) is 1. The number of nitrogen functional groups attached to an aromatic ring is 1. The molecule has 1 aromatic heterocycles. The fraction of sp³-hybridized carbons (Fsp3) is 0.636. The third kappa shape index (κ3) is 2.90. The largest absolute Gasteiger partial charge is 0.368 e. The van der Waals surface area contributed by atoms with Gasteiger partial charge in [-0.2, -0.15) is 4.98 Å². The minimum absolute atomic E-state index is 0.0189. The van der Waals surface area contributed by atoms with Crippen molar-refractivity contribution < 1.29 is 4.92 Å². The smallest absolute Gasteiger partial charge is 0.330 e. The maximum absolute atomic E-state index is 11.0. The maximum atomic E-state index is 11.0. The monoisotopic (exact) mass is 266 g/mol. The number of piperidine rings is 1. The molecule has 0 saturated carbocycles. The molecule has 1 aliphatic rings. The second-order valence-corrected chi connectivity index (χ2v) is 4.87. The van der Waals surface area contributed by atoms with Crippen LogP contribution in [-0.4, -0.2) is 32.0 Å². The first-order chi connectivity index (χ1) is 8.99. The molecular formula is C11H18N6O2. The number of hydrogen-bond acceptors (Lipinski definition) is 7. The molecule has 2 heterocycles. The molecule has 8 nitrogen and oxygen atoms in total. The molecule has 8 heteroatoms. The van der Waals surface area contributed by atoms with Crippen molar-refractivity contribution in [3.05, 3.63) is 16.3 Å². The summed E-state index contributed by atoms with van der Waals surface area (Å²) in [5, 5.41) is 13.0. The number of hydrazine groups is 1. The van der Waals surface area contributed by atoms with E-state index in [0.29, 0.717) is 12.1 Å². The molecule has 2 rings (SSSR count). The lowest BCUT2D eigenvalue weighted by Gasteiger charge is -2.38. The maximum Gasteiger partial charge on any atom is 0.330 e. The van der Waals surface area contributed by atoms with Crippen molar-refractivity contribution in [1.82, 2.24) is 15.0 Å². The van der Waals surface area contributed by atoms with E-state index in [1.165, 1.54) is 0 Å². The van der Waals surface area contributed by atoms with Gasteiger partial charge in [-0.1, -0.05) is 6.42 Å². The van der Waals surface area contributed by atoms with E-state index in [2.05, 4.69) is 29.2 Å². The predicted octanol–water partition coefficient (Wildman–Crippen LogP) is 1.56. The van der Waals surface area contributed by atoms with Gasteiger partial charge in [0, 0.05) is 12.1 Å². The van der Waals surface area contributed by atoms with Crippen molar-refractivity contribution in [2.45, 2.75) is 45.2 Å². The normalized spacial score (nSPS) is 24.1. The summed E-state index contributed by atoms with van der Waals surface area (Å²) in [6.45, 7) is 4.16. The van der Waals surface area contributed by atoms with E-state index in [1.807, 2.05) is 5.01 Å². The number of anilines is 2. The van der Waals surface area contributed by atoms with Gasteiger partial charge in [-0.25, -0.2) is 9.99 Å². The molecule has 0 aromatic carbocycles. The fourth-order valence-corrected chi connectivity index (χ4v) is 2.37. The average molecular weight is 266 g/mol. The summed E-state index contributed by atoms with van der Waals surface area (Å²) in [5.74, 6) is 0.170. The van der Waals surface area contributed by atoms with E-state index in [0.717, 1.165) is 25.5 Å². The van der Waals surface area contributed by atoms with Crippen molar-refractivity contribution in [2.24, 2.45) is 0 Å². The highest BCUT2D eigenvalue weighted by atomic mass is 16.6. The molecular weight excluding hydrogens is 248 g/mol. The predicted molar refractivity (Wildman–Crippen MR) is 71.3 cm³/mol. The Morgan fingerprint density at radius 2 is 2.11 bits per heavy atom. The van der Waals surface area contributed by atoms with Crippen molar-refractivity contribution in [1.29, 1.82) is 0 Å². The molecule has 1 aromatic rings. The van der Waals surface area contributed by atoms with Gasteiger partial charge >= 0.3 is 5.69 Å². The Morgan fingerprint density at radius 1 is 1.47 bits per heavy atom. The number of nitro groups is 1. The Morgan fingerprint density at radius 3 is 2.68 bits per heavy atom. The van der Waals surface area contributed by atoms with E-state index in [1.54, 1.807) is 0 Å². The molecule has 19 heavy (non-hydrogen) atoms. The van der Waals surface area contributed by atoms with Gasteiger partial charge in [0.25, 0.3) is 0 Å². The SMILES string of the molecule is CC1CCCC(C)N1Nc1nc(N)ncc1[N+](=O)[O-]. The summed E-state index contributed by atoms with van der Waals surface area (Å²) in [6.07, 6.45) is 4.38. The molecule has 0 bridgehead atoms. The number of nitrogens with one attached hydrogen (secondary N) is 1. The summed E-state index contributed by atoms with van der Waals surface area (Å²) in [6, 6.07) is 0.582. The number of aromatic nitrogens is 2. The molecule has 2 atom stereocenters. The van der Waals surface area contributed by atoms with Gasteiger partial charge in [-0.3, -0.25) is 15.5 Å². The minimum atomic E-state index is -0.513. The number of nitrogens with zero attached hydrogens (tertiary/aromatic N) is 4. The highest BCUT2D eigenvalue weighted by Crippen LogP contribution is 2.27. The van der Waals surface area contributed by atoms with Gasteiger partial charge in [0.05, 0.1) is 4.92 Å². The lowest BCUT2D eigenvalue weighted by atomic mass is 10.00. The summed E-state index contributed by atoms with van der Waals surface area (Å²) in [7, 11) is 0. The molecule has 0 radical (unpaired) electrons. The van der Waals surface area contributed by atoms with E-state index in [4.69, 9.17) is 5.73 Å². The lowest BCUT2D eigenvalue weighted by molar-refractivity contribution is -0.384. The first kappa shape index (κ1) is 13.5. The second-order valence-electron chi connectivity index (χ2n) is 4.87. The molecule has 1 fully saturated rings. The second kappa shape index (κ2) is 5.35. The first-order valence-corrected chi connectivity index (χ1v) is 6.31. The van der Waals surface area contributed by atoms with Gasteiger partial charge in [0.1, 0.15) is 6.20 Å². The molecule has 0 spiro atoms. The molecule has 2 unspecified atom stereocenters. The first-order valence-electron chi connectivity index (χ1n) is 6.31. The van der Waals surface area contributed by atoms with Crippen LogP contribution < -0.4 is 11.2 Å². The van der Waals surface area contributed by atoms with E-state index in [-0.39, 0.29) is 17.5 Å².